The highest BCUT2D eigenvalue weighted by Gasteiger charge is 2.09. The second-order valence-corrected chi connectivity index (χ2v) is 5.39. The molecule has 1 heterocycles. The maximum absolute atomic E-state index is 9.37. The Kier molecular flexibility index (Phi) is 4.08. The Morgan fingerprint density at radius 1 is 1.05 bits per heavy atom. The van der Waals surface area contributed by atoms with Gasteiger partial charge in [0.15, 0.2) is 0 Å². The number of hydrogen-bond donors (Lipinski definition) is 1. The molecule has 106 valence electrons. The molecule has 0 aliphatic heterocycles. The van der Waals surface area contributed by atoms with E-state index in [9.17, 15) is 5.11 Å². The van der Waals surface area contributed by atoms with Gasteiger partial charge in [0.25, 0.3) is 0 Å². The molecule has 0 bridgehead atoms. The molecule has 0 spiro atoms. The van der Waals surface area contributed by atoms with E-state index < -0.39 is 0 Å². The smallest absolute Gasteiger partial charge is 0.140 e. The summed E-state index contributed by atoms with van der Waals surface area (Å²) in [4.78, 5) is 5.48. The highest BCUT2D eigenvalue weighted by molar-refractivity contribution is 7.98. The third-order valence-corrected chi connectivity index (χ3v) is 3.96. The van der Waals surface area contributed by atoms with E-state index in [1.807, 2.05) is 54.8 Å². The highest BCUT2D eigenvalue weighted by atomic mass is 32.2. The molecule has 0 amide bonds. The Morgan fingerprint density at radius 2 is 1.81 bits per heavy atom. The lowest BCUT2D eigenvalue weighted by molar-refractivity contribution is 0.276. The molecule has 4 heteroatoms. The van der Waals surface area contributed by atoms with Crippen molar-refractivity contribution in [3.05, 3.63) is 60.3 Å². The number of rotatable bonds is 4. The van der Waals surface area contributed by atoms with Crippen molar-refractivity contribution in [1.29, 1.82) is 0 Å². The summed E-state index contributed by atoms with van der Waals surface area (Å²) in [5.41, 5.74) is 1.42. The molecule has 0 aliphatic carbocycles. The Bertz CT molecular complexity index is 774. The van der Waals surface area contributed by atoms with Gasteiger partial charge < -0.3 is 9.84 Å². The summed E-state index contributed by atoms with van der Waals surface area (Å²) in [6, 6.07) is 17.5. The summed E-state index contributed by atoms with van der Waals surface area (Å²) in [7, 11) is 0. The van der Waals surface area contributed by atoms with Crippen molar-refractivity contribution < 1.29 is 9.84 Å². The van der Waals surface area contributed by atoms with Gasteiger partial charge in [0.2, 0.25) is 0 Å². The van der Waals surface area contributed by atoms with Crippen molar-refractivity contribution in [2.24, 2.45) is 0 Å². The fourth-order valence-electron chi connectivity index (χ4n) is 2.18. The van der Waals surface area contributed by atoms with Gasteiger partial charge in [-0.15, -0.1) is 11.8 Å². The molecule has 1 N–H and O–H groups in total. The van der Waals surface area contributed by atoms with Crippen LogP contribution in [0, 0.1) is 0 Å². The van der Waals surface area contributed by atoms with E-state index in [1.165, 1.54) is 0 Å². The predicted octanol–water partition coefficient (Wildman–Crippen LogP) is 4.24. The van der Waals surface area contributed by atoms with Crippen molar-refractivity contribution in [1.82, 2.24) is 4.98 Å². The van der Waals surface area contributed by atoms with Crippen molar-refractivity contribution in [3.8, 4) is 11.5 Å². The summed E-state index contributed by atoms with van der Waals surface area (Å²) in [5, 5.41) is 10.3. The molecule has 3 rings (SSSR count). The van der Waals surface area contributed by atoms with Crippen LogP contribution < -0.4 is 4.74 Å². The largest absolute Gasteiger partial charge is 0.455 e. The van der Waals surface area contributed by atoms with E-state index in [0.717, 1.165) is 21.5 Å². The standard InChI is InChI=1S/C17H15NO2S/c1-21-17-9-5-4-8-15(17)20-16-10-12(11-19)18-14-7-3-2-6-13(14)16/h2-10,19H,11H2,1H3. The summed E-state index contributed by atoms with van der Waals surface area (Å²) in [6.45, 7) is -0.106. The second kappa shape index (κ2) is 6.16. The molecule has 21 heavy (non-hydrogen) atoms. The van der Waals surface area contributed by atoms with E-state index in [-0.39, 0.29) is 6.61 Å². The van der Waals surface area contributed by atoms with E-state index in [4.69, 9.17) is 4.74 Å². The quantitative estimate of drug-likeness (QED) is 0.731. The van der Waals surface area contributed by atoms with Crippen LogP contribution >= 0.6 is 11.8 Å². The molecular formula is C17H15NO2S. The van der Waals surface area contributed by atoms with Crippen LogP contribution in [-0.4, -0.2) is 16.3 Å². The zero-order chi connectivity index (χ0) is 14.7. The maximum Gasteiger partial charge on any atom is 0.140 e. The molecule has 2 aromatic carbocycles. The van der Waals surface area contributed by atoms with Crippen LogP contribution in [-0.2, 0) is 6.61 Å². The van der Waals surface area contributed by atoms with Crippen LogP contribution in [0.15, 0.2) is 59.5 Å². The van der Waals surface area contributed by atoms with Crippen molar-refractivity contribution in [3.63, 3.8) is 0 Å². The third kappa shape index (κ3) is 2.86. The Hall–Kier alpha value is -2.04. The second-order valence-electron chi connectivity index (χ2n) is 4.54. The molecule has 3 nitrogen and oxygen atoms in total. The number of aliphatic hydroxyl groups is 1. The highest BCUT2D eigenvalue weighted by Crippen LogP contribution is 2.34. The minimum Gasteiger partial charge on any atom is -0.455 e. The lowest BCUT2D eigenvalue weighted by atomic mass is 10.2. The molecule has 0 radical (unpaired) electrons. The fraction of sp³-hybridized carbons (Fsp3) is 0.118. The Labute approximate surface area is 127 Å². The SMILES string of the molecule is CSc1ccccc1Oc1cc(CO)nc2ccccc12. The molecule has 0 unspecified atom stereocenters. The van der Waals surface area contributed by atoms with Gasteiger partial charge in [0.05, 0.1) is 17.8 Å². The zero-order valence-corrected chi connectivity index (χ0v) is 12.4. The molecule has 0 saturated carbocycles. The van der Waals surface area contributed by atoms with E-state index in [0.29, 0.717) is 11.4 Å². The van der Waals surface area contributed by atoms with Crippen LogP contribution in [0.1, 0.15) is 5.69 Å². The van der Waals surface area contributed by atoms with Crippen molar-refractivity contribution in [2.45, 2.75) is 11.5 Å². The number of aromatic nitrogens is 1. The number of thioether (sulfide) groups is 1. The predicted molar refractivity (Wildman–Crippen MR) is 86.0 cm³/mol. The number of nitrogens with zero attached hydrogens (tertiary/aromatic N) is 1. The summed E-state index contributed by atoms with van der Waals surface area (Å²) in [5.74, 6) is 1.52. The number of benzene rings is 2. The lowest BCUT2D eigenvalue weighted by Gasteiger charge is -2.12. The summed E-state index contributed by atoms with van der Waals surface area (Å²) >= 11 is 1.64. The van der Waals surface area contributed by atoms with Gasteiger partial charge in [0.1, 0.15) is 11.5 Å². The van der Waals surface area contributed by atoms with Gasteiger partial charge in [-0.05, 0) is 30.5 Å². The van der Waals surface area contributed by atoms with Crippen LogP contribution in [0.5, 0.6) is 11.5 Å². The van der Waals surface area contributed by atoms with Crippen LogP contribution in [0.3, 0.4) is 0 Å². The maximum atomic E-state index is 9.37. The Balaban J connectivity index is 2.11. The fourth-order valence-corrected chi connectivity index (χ4v) is 2.71. The monoisotopic (exact) mass is 297 g/mol. The van der Waals surface area contributed by atoms with Gasteiger partial charge in [0, 0.05) is 16.3 Å². The van der Waals surface area contributed by atoms with Gasteiger partial charge in [-0.1, -0.05) is 24.3 Å². The Morgan fingerprint density at radius 3 is 2.62 bits per heavy atom. The average molecular weight is 297 g/mol. The minimum atomic E-state index is -0.106. The van der Waals surface area contributed by atoms with Gasteiger partial charge in [-0.3, -0.25) is 4.98 Å². The first-order valence-corrected chi connectivity index (χ1v) is 7.84. The zero-order valence-electron chi connectivity index (χ0n) is 11.6. The minimum absolute atomic E-state index is 0.106. The molecule has 0 aliphatic rings. The van der Waals surface area contributed by atoms with Crippen molar-refractivity contribution >= 4 is 22.7 Å². The number of ether oxygens (including phenoxy) is 1. The first-order chi connectivity index (χ1) is 10.3. The van der Waals surface area contributed by atoms with Crippen LogP contribution in [0.2, 0.25) is 0 Å². The normalized spacial score (nSPS) is 10.8. The number of aliphatic hydroxyl groups excluding tert-OH is 1. The number of pyridine rings is 1. The van der Waals surface area contributed by atoms with E-state index >= 15 is 0 Å². The number of fused-ring (bicyclic) bond motifs is 1. The number of para-hydroxylation sites is 2. The van der Waals surface area contributed by atoms with Crippen LogP contribution in [0.4, 0.5) is 0 Å². The van der Waals surface area contributed by atoms with E-state index in [1.54, 1.807) is 17.8 Å². The molecular weight excluding hydrogens is 282 g/mol. The molecule has 3 aromatic rings. The van der Waals surface area contributed by atoms with Crippen molar-refractivity contribution in [2.75, 3.05) is 6.26 Å². The first kappa shape index (κ1) is 13.9. The van der Waals surface area contributed by atoms with E-state index in [2.05, 4.69) is 4.98 Å². The average Bonchev–Trinajstić information content (AvgIpc) is 2.55. The molecule has 0 atom stereocenters. The third-order valence-electron chi connectivity index (χ3n) is 3.18. The van der Waals surface area contributed by atoms with Gasteiger partial charge in [-0.25, -0.2) is 0 Å². The molecule has 1 aromatic heterocycles. The summed E-state index contributed by atoms with van der Waals surface area (Å²) in [6.07, 6.45) is 2.02. The topological polar surface area (TPSA) is 42.4 Å². The first-order valence-electron chi connectivity index (χ1n) is 6.62. The van der Waals surface area contributed by atoms with Crippen LogP contribution in [0.25, 0.3) is 10.9 Å². The van der Waals surface area contributed by atoms with Gasteiger partial charge >= 0.3 is 0 Å². The molecule has 0 fully saturated rings. The summed E-state index contributed by atoms with van der Waals surface area (Å²) < 4.78 is 6.08. The molecule has 0 saturated heterocycles. The van der Waals surface area contributed by atoms with Gasteiger partial charge in [-0.2, -0.15) is 0 Å². The lowest BCUT2D eigenvalue weighted by Crippen LogP contribution is -1.94. The number of hydrogen-bond acceptors (Lipinski definition) is 4.